The Morgan fingerprint density at radius 3 is 2.43 bits per heavy atom. The summed E-state index contributed by atoms with van der Waals surface area (Å²) in [6, 6.07) is 2.95. The average molecular weight is 194 g/mol. The molecular formula is C12H22N2. The highest BCUT2D eigenvalue weighted by Crippen LogP contribution is 2.49. The normalized spacial score (nSPS) is 18.6. The van der Waals surface area contributed by atoms with Crippen LogP contribution in [0.25, 0.3) is 0 Å². The summed E-state index contributed by atoms with van der Waals surface area (Å²) in [4.78, 5) is 2.52. The van der Waals surface area contributed by atoms with Crippen LogP contribution in [-0.2, 0) is 0 Å². The number of nitriles is 1. The fourth-order valence-corrected chi connectivity index (χ4v) is 1.97. The Hall–Kier alpha value is -0.550. The van der Waals surface area contributed by atoms with Crippen molar-refractivity contribution in [2.45, 2.75) is 52.5 Å². The zero-order valence-electron chi connectivity index (χ0n) is 9.71. The first kappa shape index (κ1) is 11.5. The van der Waals surface area contributed by atoms with E-state index in [1.165, 1.54) is 25.8 Å². The van der Waals surface area contributed by atoms with Gasteiger partial charge in [-0.05, 0) is 45.1 Å². The summed E-state index contributed by atoms with van der Waals surface area (Å²) in [5.41, 5.74) is 0.369. The quantitative estimate of drug-likeness (QED) is 0.650. The molecule has 0 atom stereocenters. The Bertz CT molecular complexity index is 211. The second-order valence-corrected chi connectivity index (χ2v) is 4.90. The summed E-state index contributed by atoms with van der Waals surface area (Å²) in [6.07, 6.45) is 4.47. The number of hydrogen-bond donors (Lipinski definition) is 0. The van der Waals surface area contributed by atoms with Crippen LogP contribution < -0.4 is 0 Å². The lowest BCUT2D eigenvalue weighted by Crippen LogP contribution is -2.36. The van der Waals surface area contributed by atoms with Crippen LogP contribution in [0.5, 0.6) is 0 Å². The molecule has 80 valence electrons. The topological polar surface area (TPSA) is 27.0 Å². The van der Waals surface area contributed by atoms with Crippen molar-refractivity contribution in [1.29, 1.82) is 5.26 Å². The van der Waals surface area contributed by atoms with E-state index in [1.807, 2.05) is 0 Å². The van der Waals surface area contributed by atoms with Crippen LogP contribution in [0.1, 0.15) is 46.5 Å². The molecular weight excluding hydrogens is 172 g/mol. The first-order valence-corrected chi connectivity index (χ1v) is 5.74. The summed E-state index contributed by atoms with van der Waals surface area (Å²) in [6.45, 7) is 9.02. The van der Waals surface area contributed by atoms with Crippen molar-refractivity contribution < 1.29 is 0 Å². The third-order valence-corrected chi connectivity index (χ3v) is 3.19. The number of rotatable bonds is 6. The molecule has 0 amide bonds. The lowest BCUT2D eigenvalue weighted by Gasteiger charge is -2.29. The fraction of sp³-hybridized carbons (Fsp3) is 0.917. The van der Waals surface area contributed by atoms with Crippen LogP contribution in [0.3, 0.4) is 0 Å². The first-order chi connectivity index (χ1) is 6.63. The van der Waals surface area contributed by atoms with Crippen LogP contribution in [0.15, 0.2) is 0 Å². The van der Waals surface area contributed by atoms with E-state index < -0.39 is 0 Å². The van der Waals surface area contributed by atoms with Crippen LogP contribution in [0.4, 0.5) is 0 Å². The van der Waals surface area contributed by atoms with Gasteiger partial charge in [0.1, 0.15) is 0 Å². The van der Waals surface area contributed by atoms with E-state index in [0.29, 0.717) is 11.5 Å². The van der Waals surface area contributed by atoms with Crippen LogP contribution in [0, 0.1) is 16.7 Å². The van der Waals surface area contributed by atoms with Gasteiger partial charge in [-0.1, -0.05) is 6.92 Å². The molecule has 1 aliphatic rings. The molecule has 1 aliphatic carbocycles. The molecule has 0 saturated heterocycles. The van der Waals surface area contributed by atoms with Crippen molar-refractivity contribution in [3.8, 4) is 6.07 Å². The van der Waals surface area contributed by atoms with Gasteiger partial charge < -0.3 is 4.90 Å². The van der Waals surface area contributed by atoms with E-state index in [0.717, 1.165) is 13.0 Å². The molecule has 0 spiro atoms. The Morgan fingerprint density at radius 2 is 2.07 bits per heavy atom. The summed E-state index contributed by atoms with van der Waals surface area (Å²) in [5, 5.41) is 8.75. The minimum absolute atomic E-state index is 0.369. The Balaban J connectivity index is 2.43. The predicted molar refractivity (Wildman–Crippen MR) is 58.9 cm³/mol. The molecule has 0 aliphatic heterocycles. The maximum atomic E-state index is 8.75. The Kier molecular flexibility index (Phi) is 3.95. The average Bonchev–Trinajstić information content (AvgIpc) is 2.85. The third kappa shape index (κ3) is 2.99. The van der Waals surface area contributed by atoms with Crippen molar-refractivity contribution in [3.05, 3.63) is 0 Å². The molecule has 0 aromatic heterocycles. The lowest BCUT2D eigenvalue weighted by molar-refractivity contribution is 0.179. The molecule has 0 heterocycles. The third-order valence-electron chi connectivity index (χ3n) is 3.19. The predicted octanol–water partition coefficient (Wildman–Crippen LogP) is 2.80. The summed E-state index contributed by atoms with van der Waals surface area (Å²) < 4.78 is 0. The van der Waals surface area contributed by atoms with Gasteiger partial charge in [-0.25, -0.2) is 0 Å². The van der Waals surface area contributed by atoms with Gasteiger partial charge in [0.25, 0.3) is 0 Å². The van der Waals surface area contributed by atoms with Gasteiger partial charge in [-0.15, -0.1) is 0 Å². The standard InChI is InChI=1S/C12H22N2/c1-4-9-14(11(2)3)10-12(5-6-12)7-8-13/h11H,4-7,9-10H2,1-3H3. The van der Waals surface area contributed by atoms with Gasteiger partial charge in [0, 0.05) is 19.0 Å². The van der Waals surface area contributed by atoms with Crippen LogP contribution >= 0.6 is 0 Å². The van der Waals surface area contributed by atoms with Crippen molar-refractivity contribution in [2.24, 2.45) is 5.41 Å². The van der Waals surface area contributed by atoms with Crippen molar-refractivity contribution >= 4 is 0 Å². The fourth-order valence-electron chi connectivity index (χ4n) is 1.97. The van der Waals surface area contributed by atoms with E-state index in [9.17, 15) is 0 Å². The van der Waals surface area contributed by atoms with Crippen molar-refractivity contribution in [2.75, 3.05) is 13.1 Å². The van der Waals surface area contributed by atoms with E-state index in [1.54, 1.807) is 0 Å². The van der Waals surface area contributed by atoms with Crippen molar-refractivity contribution in [1.82, 2.24) is 4.90 Å². The molecule has 1 rings (SSSR count). The zero-order valence-corrected chi connectivity index (χ0v) is 9.71. The number of hydrogen-bond acceptors (Lipinski definition) is 2. The largest absolute Gasteiger partial charge is 0.300 e. The molecule has 0 aromatic carbocycles. The molecule has 0 N–H and O–H groups in total. The van der Waals surface area contributed by atoms with Crippen LogP contribution in [-0.4, -0.2) is 24.0 Å². The molecule has 1 saturated carbocycles. The summed E-state index contributed by atoms with van der Waals surface area (Å²) >= 11 is 0. The molecule has 2 nitrogen and oxygen atoms in total. The van der Waals surface area contributed by atoms with Crippen LogP contribution in [0.2, 0.25) is 0 Å². The van der Waals surface area contributed by atoms with Gasteiger partial charge in [0.15, 0.2) is 0 Å². The monoisotopic (exact) mass is 194 g/mol. The maximum Gasteiger partial charge on any atom is 0.0628 e. The van der Waals surface area contributed by atoms with Gasteiger partial charge in [-0.2, -0.15) is 5.26 Å². The molecule has 0 radical (unpaired) electrons. The van der Waals surface area contributed by atoms with E-state index in [4.69, 9.17) is 5.26 Å². The lowest BCUT2D eigenvalue weighted by atomic mass is 10.0. The van der Waals surface area contributed by atoms with Crippen molar-refractivity contribution in [3.63, 3.8) is 0 Å². The minimum atomic E-state index is 0.369. The zero-order chi connectivity index (χ0) is 10.6. The second kappa shape index (κ2) is 4.79. The first-order valence-electron chi connectivity index (χ1n) is 5.74. The minimum Gasteiger partial charge on any atom is -0.300 e. The molecule has 0 unspecified atom stereocenters. The second-order valence-electron chi connectivity index (χ2n) is 4.90. The molecule has 0 bridgehead atoms. The smallest absolute Gasteiger partial charge is 0.0628 e. The van der Waals surface area contributed by atoms with Gasteiger partial charge >= 0.3 is 0 Å². The molecule has 0 aromatic rings. The molecule has 2 heteroatoms. The summed E-state index contributed by atoms with van der Waals surface area (Å²) in [7, 11) is 0. The Morgan fingerprint density at radius 1 is 1.43 bits per heavy atom. The number of nitrogens with zero attached hydrogens (tertiary/aromatic N) is 2. The molecule has 1 fully saturated rings. The Labute approximate surface area is 87.9 Å². The van der Waals surface area contributed by atoms with Gasteiger partial charge in [-0.3, -0.25) is 0 Å². The van der Waals surface area contributed by atoms with E-state index in [-0.39, 0.29) is 0 Å². The molecule has 14 heavy (non-hydrogen) atoms. The van der Waals surface area contributed by atoms with Gasteiger partial charge in [0.2, 0.25) is 0 Å². The van der Waals surface area contributed by atoms with E-state index >= 15 is 0 Å². The SMILES string of the molecule is CCCN(CC1(CC#N)CC1)C(C)C. The highest BCUT2D eigenvalue weighted by molar-refractivity contribution is 5.01. The van der Waals surface area contributed by atoms with E-state index in [2.05, 4.69) is 31.7 Å². The summed E-state index contributed by atoms with van der Waals surface area (Å²) in [5.74, 6) is 0. The highest BCUT2D eigenvalue weighted by atomic mass is 15.2. The highest BCUT2D eigenvalue weighted by Gasteiger charge is 2.43. The van der Waals surface area contributed by atoms with Gasteiger partial charge in [0.05, 0.1) is 6.07 Å². The maximum absolute atomic E-state index is 8.75.